The zero-order valence-corrected chi connectivity index (χ0v) is 12.8. The molecule has 0 radical (unpaired) electrons. The van der Waals surface area contributed by atoms with Gasteiger partial charge in [0.1, 0.15) is 0 Å². The van der Waals surface area contributed by atoms with Gasteiger partial charge in [0.15, 0.2) is 0 Å². The van der Waals surface area contributed by atoms with Gasteiger partial charge in [-0.25, -0.2) is 13.1 Å². The molecular formula is C15H19N3O2S. The predicted molar refractivity (Wildman–Crippen MR) is 83.0 cm³/mol. The average Bonchev–Trinajstić information content (AvgIpc) is 2.53. The fourth-order valence-electron chi connectivity index (χ4n) is 1.79. The second-order valence-electron chi connectivity index (χ2n) is 4.76. The van der Waals surface area contributed by atoms with Gasteiger partial charge in [0, 0.05) is 18.9 Å². The van der Waals surface area contributed by atoms with Crippen LogP contribution >= 0.6 is 0 Å². The fraction of sp³-hybridized carbons (Fsp3) is 0.333. The smallest absolute Gasteiger partial charge is 0.211 e. The summed E-state index contributed by atoms with van der Waals surface area (Å²) in [5.41, 5.74) is 2.40. The van der Waals surface area contributed by atoms with Gasteiger partial charge in [-0.2, -0.15) is 0 Å². The zero-order chi connectivity index (χ0) is 15.1. The topological polar surface area (TPSA) is 72.0 Å². The lowest BCUT2D eigenvalue weighted by atomic mass is 10.2. The number of rotatable bonds is 7. The molecule has 0 bridgehead atoms. The Morgan fingerprint density at radius 2 is 1.90 bits per heavy atom. The maximum Gasteiger partial charge on any atom is 0.211 e. The maximum absolute atomic E-state index is 11.7. The Kier molecular flexibility index (Phi) is 5.41. The van der Waals surface area contributed by atoms with Crippen LogP contribution in [0, 0.1) is 0 Å². The molecule has 0 fully saturated rings. The van der Waals surface area contributed by atoms with Crippen LogP contribution in [0.3, 0.4) is 0 Å². The molecule has 5 nitrogen and oxygen atoms in total. The number of hydrogen-bond donors (Lipinski definition) is 1. The van der Waals surface area contributed by atoms with Gasteiger partial charge in [-0.3, -0.25) is 9.97 Å². The van der Waals surface area contributed by atoms with Crippen LogP contribution in [0.1, 0.15) is 25.3 Å². The molecule has 6 heteroatoms. The summed E-state index contributed by atoms with van der Waals surface area (Å²) in [6.07, 6.45) is 4.92. The van der Waals surface area contributed by atoms with E-state index in [9.17, 15) is 8.42 Å². The van der Waals surface area contributed by atoms with E-state index in [2.05, 4.69) is 14.7 Å². The molecule has 2 rings (SSSR count). The molecule has 2 aromatic heterocycles. The van der Waals surface area contributed by atoms with Gasteiger partial charge in [0.2, 0.25) is 10.0 Å². The summed E-state index contributed by atoms with van der Waals surface area (Å²) in [6.45, 7) is 2.23. The third-order valence-corrected chi connectivity index (χ3v) is 4.43. The molecule has 0 aliphatic heterocycles. The normalized spacial score (nSPS) is 11.5. The molecule has 21 heavy (non-hydrogen) atoms. The highest BCUT2D eigenvalue weighted by atomic mass is 32.2. The highest BCUT2D eigenvalue weighted by Crippen LogP contribution is 2.13. The minimum atomic E-state index is -3.19. The number of aromatic nitrogens is 2. The number of hydrogen-bond acceptors (Lipinski definition) is 4. The van der Waals surface area contributed by atoms with E-state index in [1.54, 1.807) is 12.4 Å². The second kappa shape index (κ2) is 7.28. The van der Waals surface area contributed by atoms with Gasteiger partial charge in [-0.05, 0) is 30.2 Å². The third kappa shape index (κ3) is 4.91. The van der Waals surface area contributed by atoms with Crippen molar-refractivity contribution in [2.75, 3.05) is 5.75 Å². The molecule has 0 saturated carbocycles. The number of sulfonamides is 1. The van der Waals surface area contributed by atoms with Crippen LogP contribution in [0.2, 0.25) is 0 Å². The van der Waals surface area contributed by atoms with Crippen molar-refractivity contribution in [2.24, 2.45) is 0 Å². The zero-order valence-electron chi connectivity index (χ0n) is 12.0. The Labute approximate surface area is 125 Å². The van der Waals surface area contributed by atoms with E-state index in [1.807, 2.05) is 37.3 Å². The summed E-state index contributed by atoms with van der Waals surface area (Å²) in [7, 11) is -3.19. The van der Waals surface area contributed by atoms with Crippen molar-refractivity contribution < 1.29 is 8.42 Å². The van der Waals surface area contributed by atoms with Crippen LogP contribution in [0.5, 0.6) is 0 Å². The molecule has 0 spiro atoms. The van der Waals surface area contributed by atoms with Crippen molar-refractivity contribution >= 4 is 10.0 Å². The van der Waals surface area contributed by atoms with Gasteiger partial charge >= 0.3 is 0 Å². The quantitative estimate of drug-likeness (QED) is 0.852. The Balaban J connectivity index is 1.97. The molecule has 1 N–H and O–H groups in total. The summed E-state index contributed by atoms with van der Waals surface area (Å²) in [4.78, 5) is 8.54. The summed E-state index contributed by atoms with van der Waals surface area (Å²) in [6, 6.07) is 9.34. The van der Waals surface area contributed by atoms with Gasteiger partial charge in [0.25, 0.3) is 0 Å². The van der Waals surface area contributed by atoms with Gasteiger partial charge < -0.3 is 0 Å². The first kappa shape index (κ1) is 15.6. The first-order valence-corrected chi connectivity index (χ1v) is 8.59. The first-order valence-electron chi connectivity index (χ1n) is 6.94. The van der Waals surface area contributed by atoms with Crippen molar-refractivity contribution in [3.8, 4) is 11.4 Å². The molecule has 0 amide bonds. The minimum Gasteiger partial charge on any atom is -0.255 e. The van der Waals surface area contributed by atoms with Crippen molar-refractivity contribution in [2.45, 2.75) is 26.3 Å². The summed E-state index contributed by atoms with van der Waals surface area (Å²) >= 11 is 0. The molecule has 0 atom stereocenters. The Morgan fingerprint density at radius 3 is 2.52 bits per heavy atom. The Bertz CT molecular complexity index is 655. The van der Waals surface area contributed by atoms with Gasteiger partial charge in [-0.15, -0.1) is 0 Å². The molecule has 112 valence electrons. The van der Waals surface area contributed by atoms with Crippen LogP contribution in [0.25, 0.3) is 11.4 Å². The van der Waals surface area contributed by atoms with Crippen molar-refractivity contribution in [1.82, 2.24) is 14.7 Å². The first-order chi connectivity index (χ1) is 10.1. The van der Waals surface area contributed by atoms with E-state index >= 15 is 0 Å². The molecule has 2 heterocycles. The largest absolute Gasteiger partial charge is 0.255 e. The molecule has 0 unspecified atom stereocenters. The van der Waals surface area contributed by atoms with E-state index in [-0.39, 0.29) is 12.3 Å². The lowest BCUT2D eigenvalue weighted by Gasteiger charge is -2.06. The van der Waals surface area contributed by atoms with E-state index in [1.165, 1.54) is 0 Å². The lowest BCUT2D eigenvalue weighted by molar-refractivity contribution is 0.578. The highest BCUT2D eigenvalue weighted by molar-refractivity contribution is 7.89. The molecule has 0 aliphatic rings. The van der Waals surface area contributed by atoms with Crippen LogP contribution < -0.4 is 4.72 Å². The Hall–Kier alpha value is -1.79. The fourth-order valence-corrected chi connectivity index (χ4v) is 2.99. The van der Waals surface area contributed by atoms with Crippen LogP contribution in [0.15, 0.2) is 42.7 Å². The predicted octanol–water partition coefficient (Wildman–Crippen LogP) is 2.36. The molecule has 2 aromatic rings. The van der Waals surface area contributed by atoms with E-state index in [4.69, 9.17) is 0 Å². The van der Waals surface area contributed by atoms with Gasteiger partial charge in [-0.1, -0.05) is 25.5 Å². The highest BCUT2D eigenvalue weighted by Gasteiger charge is 2.09. The summed E-state index contributed by atoms with van der Waals surface area (Å²) in [5.74, 6) is 0.170. The van der Waals surface area contributed by atoms with Crippen molar-refractivity contribution in [3.63, 3.8) is 0 Å². The van der Waals surface area contributed by atoms with Crippen LogP contribution in [-0.4, -0.2) is 24.1 Å². The number of unbranched alkanes of at least 4 members (excludes halogenated alkanes) is 1. The van der Waals surface area contributed by atoms with Crippen molar-refractivity contribution in [3.05, 3.63) is 48.3 Å². The average molecular weight is 305 g/mol. The summed E-state index contributed by atoms with van der Waals surface area (Å²) in [5, 5.41) is 0. The van der Waals surface area contributed by atoms with Crippen LogP contribution in [-0.2, 0) is 16.6 Å². The molecule has 0 aliphatic carbocycles. The summed E-state index contributed by atoms with van der Waals surface area (Å²) < 4.78 is 26.0. The van der Waals surface area contributed by atoms with E-state index < -0.39 is 10.0 Å². The van der Waals surface area contributed by atoms with Crippen molar-refractivity contribution in [1.29, 1.82) is 0 Å². The molecular weight excluding hydrogens is 286 g/mol. The monoisotopic (exact) mass is 305 g/mol. The van der Waals surface area contributed by atoms with E-state index in [0.29, 0.717) is 6.42 Å². The third-order valence-electron chi connectivity index (χ3n) is 3.01. The van der Waals surface area contributed by atoms with Gasteiger partial charge in [0.05, 0.1) is 17.1 Å². The maximum atomic E-state index is 11.7. The number of pyridine rings is 2. The molecule has 0 saturated heterocycles. The number of nitrogens with zero attached hydrogens (tertiary/aromatic N) is 2. The van der Waals surface area contributed by atoms with E-state index in [0.717, 1.165) is 23.4 Å². The van der Waals surface area contributed by atoms with Crippen LogP contribution in [0.4, 0.5) is 0 Å². The standard InChI is InChI=1S/C15H19N3O2S/c1-2-3-10-21(19,20)18-12-13-7-8-15(17-11-13)14-6-4-5-9-16-14/h4-9,11,18H,2-3,10,12H2,1H3. The minimum absolute atomic E-state index is 0.170. The number of nitrogens with one attached hydrogen (secondary N) is 1. The SMILES string of the molecule is CCCCS(=O)(=O)NCc1ccc(-c2ccccn2)nc1. The lowest BCUT2D eigenvalue weighted by Crippen LogP contribution is -2.25. The Morgan fingerprint density at radius 1 is 1.10 bits per heavy atom. The second-order valence-corrected chi connectivity index (χ2v) is 6.69. The molecule has 0 aromatic carbocycles.